The second-order valence-electron chi connectivity index (χ2n) is 4.90. The van der Waals surface area contributed by atoms with E-state index >= 15 is 0 Å². The molecule has 2 atom stereocenters. The summed E-state index contributed by atoms with van der Waals surface area (Å²) < 4.78 is 5.89. The fourth-order valence-electron chi connectivity index (χ4n) is 2.25. The van der Waals surface area contributed by atoms with Gasteiger partial charge in [0.05, 0.1) is 12.7 Å². The highest BCUT2D eigenvalue weighted by molar-refractivity contribution is 5.80. The molecule has 1 fully saturated rings. The van der Waals surface area contributed by atoms with Crippen molar-refractivity contribution in [1.29, 1.82) is 0 Å². The summed E-state index contributed by atoms with van der Waals surface area (Å²) in [5.41, 5.74) is 1.20. The molecule has 0 bridgehead atoms. The topological polar surface area (TPSA) is 26.3 Å². The van der Waals surface area contributed by atoms with Gasteiger partial charge in [-0.1, -0.05) is 37.3 Å². The second kappa shape index (κ2) is 5.97. The maximum absolute atomic E-state index is 11.6. The van der Waals surface area contributed by atoms with Gasteiger partial charge in [-0.05, 0) is 24.8 Å². The van der Waals surface area contributed by atoms with Gasteiger partial charge in [0.15, 0.2) is 0 Å². The lowest BCUT2D eigenvalue weighted by atomic mass is 10.0. The molecule has 0 saturated heterocycles. The van der Waals surface area contributed by atoms with Gasteiger partial charge in [0.25, 0.3) is 0 Å². The maximum Gasteiger partial charge on any atom is 0.135 e. The van der Waals surface area contributed by atoms with E-state index in [-0.39, 0.29) is 12.0 Å². The lowest BCUT2D eigenvalue weighted by molar-refractivity contribution is -0.122. The first-order valence-corrected chi connectivity index (χ1v) is 6.44. The van der Waals surface area contributed by atoms with Gasteiger partial charge in [-0.3, -0.25) is 4.79 Å². The van der Waals surface area contributed by atoms with Crippen molar-refractivity contribution in [3.63, 3.8) is 0 Å². The Labute approximate surface area is 103 Å². The van der Waals surface area contributed by atoms with Crippen molar-refractivity contribution in [2.75, 3.05) is 0 Å². The Morgan fingerprint density at radius 1 is 1.18 bits per heavy atom. The van der Waals surface area contributed by atoms with Gasteiger partial charge in [-0.2, -0.15) is 0 Å². The van der Waals surface area contributed by atoms with Crippen LogP contribution in [0.5, 0.6) is 0 Å². The molecule has 1 aromatic rings. The molecule has 0 aliphatic heterocycles. The first-order valence-electron chi connectivity index (χ1n) is 6.44. The van der Waals surface area contributed by atoms with E-state index in [1.807, 2.05) is 25.1 Å². The number of hydrogen-bond acceptors (Lipinski definition) is 2. The summed E-state index contributed by atoms with van der Waals surface area (Å²) in [6, 6.07) is 10.2. The number of ketones is 1. The van der Waals surface area contributed by atoms with Crippen molar-refractivity contribution in [3.05, 3.63) is 35.9 Å². The summed E-state index contributed by atoms with van der Waals surface area (Å²) in [5, 5.41) is 0. The highest BCUT2D eigenvalue weighted by Crippen LogP contribution is 2.22. The van der Waals surface area contributed by atoms with Crippen molar-refractivity contribution < 1.29 is 9.53 Å². The standard InChI is InChI=1S/C15H20O2/c1-12-7-8-14(9-10-15(12)16)17-11-13-5-3-2-4-6-13/h2-6,12,14H,7-11H2,1H3/t12-,14+/m0/s1. The highest BCUT2D eigenvalue weighted by atomic mass is 16.5. The van der Waals surface area contributed by atoms with E-state index in [9.17, 15) is 4.79 Å². The first kappa shape index (κ1) is 12.3. The van der Waals surface area contributed by atoms with Gasteiger partial charge < -0.3 is 4.74 Å². The molecule has 1 aromatic carbocycles. The van der Waals surface area contributed by atoms with E-state index in [2.05, 4.69) is 12.1 Å². The van der Waals surface area contributed by atoms with Crippen LogP contribution < -0.4 is 0 Å². The molecule has 2 nitrogen and oxygen atoms in total. The Morgan fingerprint density at radius 2 is 1.94 bits per heavy atom. The number of hydrogen-bond donors (Lipinski definition) is 0. The quantitative estimate of drug-likeness (QED) is 0.747. The molecular formula is C15H20O2. The normalized spacial score (nSPS) is 25.6. The maximum atomic E-state index is 11.6. The zero-order valence-electron chi connectivity index (χ0n) is 10.4. The molecule has 0 spiro atoms. The van der Waals surface area contributed by atoms with Crippen LogP contribution in [-0.2, 0) is 16.1 Å². The van der Waals surface area contributed by atoms with Crippen LogP contribution in [0.15, 0.2) is 30.3 Å². The smallest absolute Gasteiger partial charge is 0.135 e. The van der Waals surface area contributed by atoms with Gasteiger partial charge in [0, 0.05) is 12.3 Å². The van der Waals surface area contributed by atoms with E-state index in [1.165, 1.54) is 5.56 Å². The molecule has 17 heavy (non-hydrogen) atoms. The minimum absolute atomic E-state index is 0.223. The molecule has 1 aliphatic carbocycles. The van der Waals surface area contributed by atoms with Gasteiger partial charge in [0.2, 0.25) is 0 Å². The molecule has 2 heteroatoms. The molecule has 0 amide bonds. The van der Waals surface area contributed by atoms with Crippen molar-refractivity contribution in [1.82, 2.24) is 0 Å². The average molecular weight is 232 g/mol. The summed E-state index contributed by atoms with van der Waals surface area (Å²) >= 11 is 0. The van der Waals surface area contributed by atoms with Crippen LogP contribution in [0.1, 0.15) is 38.2 Å². The third kappa shape index (κ3) is 3.67. The van der Waals surface area contributed by atoms with E-state index in [4.69, 9.17) is 4.74 Å². The number of benzene rings is 1. The molecule has 0 N–H and O–H groups in total. The van der Waals surface area contributed by atoms with Gasteiger partial charge in [-0.25, -0.2) is 0 Å². The summed E-state index contributed by atoms with van der Waals surface area (Å²) in [6.45, 7) is 2.69. The number of carbonyl (C=O) groups is 1. The summed E-state index contributed by atoms with van der Waals surface area (Å²) in [5.74, 6) is 0.621. The van der Waals surface area contributed by atoms with E-state index in [0.717, 1.165) is 19.3 Å². The number of Topliss-reactive ketones (excluding diaryl/α,β-unsaturated/α-hetero) is 1. The molecule has 2 rings (SSSR count). The summed E-state index contributed by atoms with van der Waals surface area (Å²) in [7, 11) is 0. The summed E-state index contributed by atoms with van der Waals surface area (Å²) in [4.78, 5) is 11.6. The average Bonchev–Trinajstić information content (AvgIpc) is 2.52. The number of carbonyl (C=O) groups excluding carboxylic acids is 1. The molecule has 1 saturated carbocycles. The van der Waals surface area contributed by atoms with Crippen LogP contribution in [0.4, 0.5) is 0 Å². The lowest BCUT2D eigenvalue weighted by Gasteiger charge is -2.15. The second-order valence-corrected chi connectivity index (χ2v) is 4.90. The fourth-order valence-corrected chi connectivity index (χ4v) is 2.25. The zero-order valence-corrected chi connectivity index (χ0v) is 10.4. The molecular weight excluding hydrogens is 212 g/mol. The van der Waals surface area contributed by atoms with E-state index in [0.29, 0.717) is 18.8 Å². The Kier molecular flexibility index (Phi) is 4.32. The SMILES string of the molecule is C[C@H]1CC[C@@H](OCc2ccccc2)CCC1=O. The van der Waals surface area contributed by atoms with Gasteiger partial charge in [0.1, 0.15) is 5.78 Å². The Morgan fingerprint density at radius 3 is 2.71 bits per heavy atom. The first-order chi connectivity index (χ1) is 8.25. The van der Waals surface area contributed by atoms with Crippen LogP contribution in [0, 0.1) is 5.92 Å². The third-order valence-electron chi connectivity index (χ3n) is 3.51. The monoisotopic (exact) mass is 232 g/mol. The minimum atomic E-state index is 0.223. The van der Waals surface area contributed by atoms with Gasteiger partial charge in [-0.15, -0.1) is 0 Å². The van der Waals surface area contributed by atoms with Crippen molar-refractivity contribution in [2.24, 2.45) is 5.92 Å². The largest absolute Gasteiger partial charge is 0.374 e. The third-order valence-corrected chi connectivity index (χ3v) is 3.51. The molecule has 0 aromatic heterocycles. The van der Waals surface area contributed by atoms with Crippen molar-refractivity contribution in [3.8, 4) is 0 Å². The van der Waals surface area contributed by atoms with E-state index in [1.54, 1.807) is 0 Å². The molecule has 92 valence electrons. The zero-order chi connectivity index (χ0) is 12.1. The Balaban J connectivity index is 1.82. The van der Waals surface area contributed by atoms with Crippen molar-refractivity contribution >= 4 is 5.78 Å². The Hall–Kier alpha value is -1.15. The van der Waals surface area contributed by atoms with Crippen molar-refractivity contribution in [2.45, 2.75) is 45.3 Å². The van der Waals surface area contributed by atoms with Crippen LogP contribution in [0.2, 0.25) is 0 Å². The predicted octanol–water partition coefficient (Wildman–Crippen LogP) is 3.35. The van der Waals surface area contributed by atoms with Crippen LogP contribution in [0.25, 0.3) is 0 Å². The Bertz CT molecular complexity index is 358. The fraction of sp³-hybridized carbons (Fsp3) is 0.533. The predicted molar refractivity (Wildman–Crippen MR) is 67.7 cm³/mol. The molecule has 0 unspecified atom stereocenters. The van der Waals surface area contributed by atoms with E-state index < -0.39 is 0 Å². The van der Waals surface area contributed by atoms with Crippen LogP contribution in [-0.4, -0.2) is 11.9 Å². The number of rotatable bonds is 3. The summed E-state index contributed by atoms with van der Waals surface area (Å²) in [6.07, 6.45) is 3.80. The highest BCUT2D eigenvalue weighted by Gasteiger charge is 2.22. The molecule has 1 aliphatic rings. The van der Waals surface area contributed by atoms with Crippen LogP contribution in [0.3, 0.4) is 0 Å². The van der Waals surface area contributed by atoms with Crippen LogP contribution >= 0.6 is 0 Å². The lowest BCUT2D eigenvalue weighted by Crippen LogP contribution is -2.11. The molecule has 0 heterocycles. The minimum Gasteiger partial charge on any atom is -0.374 e. The van der Waals surface area contributed by atoms with Gasteiger partial charge >= 0.3 is 0 Å². The molecule has 0 radical (unpaired) electrons. The number of ether oxygens (including phenoxy) is 1.